The van der Waals surface area contributed by atoms with Crippen LogP contribution in [0.1, 0.15) is 18.1 Å². The van der Waals surface area contributed by atoms with Gasteiger partial charge in [-0.2, -0.15) is 0 Å². The Morgan fingerprint density at radius 2 is 1.67 bits per heavy atom. The van der Waals surface area contributed by atoms with E-state index >= 15 is 0 Å². The highest BCUT2D eigenvalue weighted by molar-refractivity contribution is 5.87. The summed E-state index contributed by atoms with van der Waals surface area (Å²) in [5.74, 6) is -0.898. The predicted octanol–water partition coefficient (Wildman–Crippen LogP) is -0.778. The second kappa shape index (κ2) is 14.4. The van der Waals surface area contributed by atoms with Gasteiger partial charge in [-0.3, -0.25) is 0 Å². The van der Waals surface area contributed by atoms with Crippen LogP contribution >= 0.6 is 0 Å². The normalized spacial score (nSPS) is 33.4. The molecule has 2 saturated heterocycles. The number of benzene rings is 2. The molecule has 0 radical (unpaired) electrons. The highest BCUT2D eigenvalue weighted by Crippen LogP contribution is 2.34. The molecule has 0 spiro atoms. The SMILES string of the molecule is CC1OC(OC2C(O)C(O)OC(CO)C2O)C(O)C(O)C1Oc1cc(/C=C/C(=O)OCCc2ccccc2)ccc1O. The molecule has 0 saturated carbocycles. The minimum Gasteiger partial charge on any atom is -0.504 e. The number of phenolic OH excluding ortho intramolecular Hbond substituents is 1. The summed E-state index contributed by atoms with van der Waals surface area (Å²) in [5, 5.41) is 71.7. The Bertz CT molecular complexity index is 1190. The Kier molecular flexibility index (Phi) is 10.9. The number of carbonyl (C=O) groups is 1. The van der Waals surface area contributed by atoms with Crippen molar-refractivity contribution in [1.82, 2.24) is 0 Å². The Labute approximate surface area is 241 Å². The lowest BCUT2D eigenvalue weighted by Crippen LogP contribution is -2.64. The van der Waals surface area contributed by atoms with Gasteiger partial charge in [-0.05, 0) is 36.3 Å². The third kappa shape index (κ3) is 7.64. The minimum atomic E-state index is -1.78. The monoisotopic (exact) mass is 592 g/mol. The van der Waals surface area contributed by atoms with Crippen LogP contribution in [0.25, 0.3) is 6.08 Å². The van der Waals surface area contributed by atoms with Crippen molar-refractivity contribution in [2.45, 2.75) is 74.8 Å². The lowest BCUT2D eigenvalue weighted by Gasteiger charge is -2.45. The highest BCUT2D eigenvalue weighted by atomic mass is 16.7. The predicted molar refractivity (Wildman–Crippen MR) is 144 cm³/mol. The lowest BCUT2D eigenvalue weighted by atomic mass is 9.97. The van der Waals surface area contributed by atoms with Crippen molar-refractivity contribution in [3.05, 3.63) is 65.7 Å². The summed E-state index contributed by atoms with van der Waals surface area (Å²) >= 11 is 0. The average Bonchev–Trinajstić information content (AvgIpc) is 2.98. The number of carbonyl (C=O) groups excluding carboxylic acids is 1. The maximum absolute atomic E-state index is 12.1. The molecule has 2 fully saturated rings. The zero-order chi connectivity index (χ0) is 30.4. The molecule has 10 unspecified atom stereocenters. The lowest BCUT2D eigenvalue weighted by molar-refractivity contribution is -0.351. The molecule has 13 heteroatoms. The van der Waals surface area contributed by atoms with Crippen molar-refractivity contribution in [3.63, 3.8) is 0 Å². The number of esters is 1. The van der Waals surface area contributed by atoms with E-state index in [2.05, 4.69) is 0 Å². The van der Waals surface area contributed by atoms with Crippen molar-refractivity contribution in [3.8, 4) is 11.5 Å². The molecule has 10 atom stereocenters. The van der Waals surface area contributed by atoms with Gasteiger partial charge >= 0.3 is 5.97 Å². The number of hydrogen-bond acceptors (Lipinski definition) is 13. The van der Waals surface area contributed by atoms with Crippen LogP contribution in [0.2, 0.25) is 0 Å². The number of aromatic hydroxyl groups is 1. The van der Waals surface area contributed by atoms with Crippen molar-refractivity contribution in [1.29, 1.82) is 0 Å². The third-order valence-corrected chi connectivity index (χ3v) is 7.05. The highest BCUT2D eigenvalue weighted by Gasteiger charge is 2.50. The van der Waals surface area contributed by atoms with Crippen LogP contribution in [-0.2, 0) is 30.2 Å². The molecule has 230 valence electrons. The van der Waals surface area contributed by atoms with Gasteiger partial charge in [0, 0.05) is 12.5 Å². The molecule has 2 heterocycles. The molecule has 13 nitrogen and oxygen atoms in total. The van der Waals surface area contributed by atoms with Gasteiger partial charge in [0.15, 0.2) is 30.2 Å². The van der Waals surface area contributed by atoms with Crippen LogP contribution < -0.4 is 4.74 Å². The van der Waals surface area contributed by atoms with Gasteiger partial charge in [0.1, 0.15) is 36.6 Å². The van der Waals surface area contributed by atoms with Crippen molar-refractivity contribution >= 4 is 12.0 Å². The fourth-order valence-corrected chi connectivity index (χ4v) is 4.67. The second-order valence-corrected chi connectivity index (χ2v) is 10.1. The molecular weight excluding hydrogens is 556 g/mol. The minimum absolute atomic E-state index is 0.0650. The second-order valence-electron chi connectivity index (χ2n) is 10.1. The fourth-order valence-electron chi connectivity index (χ4n) is 4.67. The van der Waals surface area contributed by atoms with Gasteiger partial charge in [-0.25, -0.2) is 4.79 Å². The van der Waals surface area contributed by atoms with E-state index in [9.17, 15) is 40.5 Å². The van der Waals surface area contributed by atoms with E-state index in [0.29, 0.717) is 12.0 Å². The van der Waals surface area contributed by atoms with Gasteiger partial charge in [-0.1, -0.05) is 36.4 Å². The topological polar surface area (TPSA) is 205 Å². The third-order valence-electron chi connectivity index (χ3n) is 7.05. The first kappa shape index (κ1) is 31.8. The van der Waals surface area contributed by atoms with E-state index in [1.54, 1.807) is 0 Å². The number of aliphatic hydroxyl groups excluding tert-OH is 6. The number of phenols is 1. The van der Waals surface area contributed by atoms with E-state index in [4.69, 9.17) is 23.7 Å². The zero-order valence-corrected chi connectivity index (χ0v) is 22.7. The van der Waals surface area contributed by atoms with E-state index in [-0.39, 0.29) is 18.1 Å². The van der Waals surface area contributed by atoms with E-state index in [1.807, 2.05) is 30.3 Å². The van der Waals surface area contributed by atoms with Crippen LogP contribution in [0.5, 0.6) is 11.5 Å². The molecule has 0 aromatic heterocycles. The van der Waals surface area contributed by atoms with Crippen molar-refractivity contribution < 1.29 is 64.2 Å². The van der Waals surface area contributed by atoms with E-state index in [0.717, 1.165) is 5.56 Å². The maximum atomic E-state index is 12.1. The summed E-state index contributed by atoms with van der Waals surface area (Å²) < 4.78 is 27.1. The first-order chi connectivity index (χ1) is 20.1. The molecule has 2 aliphatic heterocycles. The van der Waals surface area contributed by atoms with Crippen LogP contribution in [0.3, 0.4) is 0 Å². The molecule has 7 N–H and O–H groups in total. The molecule has 0 aliphatic carbocycles. The van der Waals surface area contributed by atoms with Gasteiger partial charge in [-0.15, -0.1) is 0 Å². The molecule has 0 bridgehead atoms. The summed E-state index contributed by atoms with van der Waals surface area (Å²) in [4.78, 5) is 12.1. The van der Waals surface area contributed by atoms with Crippen LogP contribution in [0.4, 0.5) is 0 Å². The van der Waals surface area contributed by atoms with Crippen molar-refractivity contribution in [2.75, 3.05) is 13.2 Å². The van der Waals surface area contributed by atoms with Gasteiger partial charge < -0.3 is 59.4 Å². The standard InChI is InChI=1S/C29H36O13/c1-15-26(23(34)24(35)29(39-15)42-27-22(33)20(14-30)41-28(37)25(27)36)40-19-13-17(7-9-18(19)31)8-10-21(32)38-12-11-16-5-3-2-4-6-16/h2-10,13,15,20,22-31,33-37H,11-12,14H2,1H3/b10-8+. The molecular formula is C29H36O13. The van der Waals surface area contributed by atoms with E-state index < -0.39 is 74.0 Å². The average molecular weight is 593 g/mol. The first-order valence-corrected chi connectivity index (χ1v) is 13.4. The Balaban J connectivity index is 1.36. The number of aliphatic hydroxyl groups is 6. The van der Waals surface area contributed by atoms with E-state index in [1.165, 1.54) is 37.3 Å². The summed E-state index contributed by atoms with van der Waals surface area (Å²) in [6.45, 7) is 1.03. The van der Waals surface area contributed by atoms with Gasteiger partial charge in [0.2, 0.25) is 0 Å². The Morgan fingerprint density at radius 3 is 2.38 bits per heavy atom. The zero-order valence-electron chi connectivity index (χ0n) is 22.7. The number of hydrogen-bond donors (Lipinski definition) is 7. The molecule has 42 heavy (non-hydrogen) atoms. The molecule has 2 aromatic carbocycles. The summed E-state index contributed by atoms with van der Waals surface area (Å²) in [5.41, 5.74) is 1.51. The summed E-state index contributed by atoms with van der Waals surface area (Å²) in [6, 6.07) is 13.8. The summed E-state index contributed by atoms with van der Waals surface area (Å²) in [6.07, 6.45) is -11.7. The smallest absolute Gasteiger partial charge is 0.330 e. The first-order valence-electron chi connectivity index (χ1n) is 13.4. The number of ether oxygens (including phenoxy) is 5. The quantitative estimate of drug-likeness (QED) is 0.134. The number of rotatable bonds is 10. The Hall–Kier alpha value is -3.11. The van der Waals surface area contributed by atoms with Gasteiger partial charge in [0.25, 0.3) is 0 Å². The van der Waals surface area contributed by atoms with Crippen LogP contribution in [0, 0.1) is 0 Å². The van der Waals surface area contributed by atoms with Crippen LogP contribution in [0.15, 0.2) is 54.6 Å². The molecule has 4 rings (SSSR count). The van der Waals surface area contributed by atoms with Gasteiger partial charge in [0.05, 0.1) is 19.3 Å². The fraction of sp³-hybridized carbons (Fsp3) is 0.483. The maximum Gasteiger partial charge on any atom is 0.330 e. The molecule has 0 amide bonds. The molecule has 2 aromatic rings. The summed E-state index contributed by atoms with van der Waals surface area (Å²) in [7, 11) is 0. The Morgan fingerprint density at radius 1 is 0.929 bits per heavy atom. The van der Waals surface area contributed by atoms with Crippen molar-refractivity contribution in [2.24, 2.45) is 0 Å². The van der Waals surface area contributed by atoms with Crippen LogP contribution in [-0.4, -0.2) is 116 Å². The molecule has 2 aliphatic rings. The largest absolute Gasteiger partial charge is 0.504 e.